The van der Waals surface area contributed by atoms with Crippen LogP contribution >= 0.6 is 0 Å². The van der Waals surface area contributed by atoms with Gasteiger partial charge in [0.25, 0.3) is 0 Å². The molecule has 0 saturated carbocycles. The molecule has 3 heteroatoms. The lowest BCUT2D eigenvalue weighted by Crippen LogP contribution is -2.25. The Kier molecular flexibility index (Phi) is 1.50. The number of imidazole rings is 1. The third-order valence-corrected chi connectivity index (χ3v) is 3.23. The fraction of sp³-hybridized carbons (Fsp3) is 0.0714. The Morgan fingerprint density at radius 1 is 1.00 bits per heavy atom. The molecule has 0 fully saturated rings. The Bertz CT molecular complexity index is 743. The molecule has 0 aliphatic carbocycles. The van der Waals surface area contributed by atoms with Crippen LogP contribution in [-0.2, 0) is 7.05 Å². The van der Waals surface area contributed by atoms with Crippen molar-refractivity contribution in [2.24, 2.45) is 7.05 Å². The molecular formula is C14H11N2O+. The Morgan fingerprint density at radius 2 is 1.82 bits per heavy atom. The lowest BCUT2D eigenvalue weighted by atomic mass is 10.2. The summed E-state index contributed by atoms with van der Waals surface area (Å²) >= 11 is 0. The highest BCUT2D eigenvalue weighted by molar-refractivity contribution is 5.84. The fourth-order valence-corrected chi connectivity index (χ4v) is 2.46. The van der Waals surface area contributed by atoms with Crippen LogP contribution in [0, 0.1) is 0 Å². The van der Waals surface area contributed by atoms with Crippen LogP contribution < -0.4 is 9.30 Å². The molecule has 2 aromatic carbocycles. The average molecular weight is 223 g/mol. The predicted molar refractivity (Wildman–Crippen MR) is 64.5 cm³/mol. The number of aromatic nitrogens is 2. The quantitative estimate of drug-likeness (QED) is 0.419. The molecule has 1 aliphatic heterocycles. The van der Waals surface area contributed by atoms with Gasteiger partial charge in [-0.3, -0.25) is 0 Å². The highest BCUT2D eigenvalue weighted by Gasteiger charge is 2.26. The normalized spacial score (nSPS) is 12.3. The smallest absolute Gasteiger partial charge is 0.250 e. The first-order valence-electron chi connectivity index (χ1n) is 5.61. The van der Waals surface area contributed by atoms with Gasteiger partial charge in [0.15, 0.2) is 22.7 Å². The van der Waals surface area contributed by atoms with Gasteiger partial charge >= 0.3 is 0 Å². The highest BCUT2D eigenvalue weighted by Crippen LogP contribution is 2.38. The van der Waals surface area contributed by atoms with E-state index in [9.17, 15) is 0 Å². The Labute approximate surface area is 98.5 Å². The third-order valence-electron chi connectivity index (χ3n) is 3.23. The Balaban J connectivity index is 2.22. The third kappa shape index (κ3) is 1.03. The number of nitrogens with zero attached hydrogens (tertiary/aromatic N) is 2. The molecule has 4 rings (SSSR count). The summed E-state index contributed by atoms with van der Waals surface area (Å²) in [5, 5.41) is 0. The molecule has 82 valence electrons. The summed E-state index contributed by atoms with van der Waals surface area (Å²) in [7, 11) is 2.05. The van der Waals surface area contributed by atoms with Crippen molar-refractivity contribution in [2.45, 2.75) is 0 Å². The van der Waals surface area contributed by atoms with Crippen LogP contribution in [0.1, 0.15) is 0 Å². The molecular weight excluding hydrogens is 212 g/mol. The monoisotopic (exact) mass is 223 g/mol. The van der Waals surface area contributed by atoms with Crippen molar-refractivity contribution in [3.63, 3.8) is 0 Å². The van der Waals surface area contributed by atoms with Crippen molar-refractivity contribution in [2.75, 3.05) is 0 Å². The molecule has 0 unspecified atom stereocenters. The summed E-state index contributed by atoms with van der Waals surface area (Å²) < 4.78 is 10.2. The number of para-hydroxylation sites is 3. The number of fused-ring (bicyclic) bond motifs is 2. The number of hydrogen-bond donors (Lipinski definition) is 0. The lowest BCUT2D eigenvalue weighted by Gasteiger charge is -2.13. The van der Waals surface area contributed by atoms with Crippen LogP contribution in [0.5, 0.6) is 11.5 Å². The summed E-state index contributed by atoms with van der Waals surface area (Å²) in [6.07, 6.45) is 2.09. The second-order valence-electron chi connectivity index (χ2n) is 4.29. The molecule has 0 saturated heterocycles. The van der Waals surface area contributed by atoms with Gasteiger partial charge < -0.3 is 4.74 Å². The SMILES string of the molecule is C[n+]1cn2c3c(cccc31)Oc1ccccc1-2. The van der Waals surface area contributed by atoms with Gasteiger partial charge in [-0.25, -0.2) is 4.57 Å². The summed E-state index contributed by atoms with van der Waals surface area (Å²) in [5.74, 6) is 1.82. The largest absolute Gasteiger partial charge is 0.448 e. The maximum Gasteiger partial charge on any atom is 0.250 e. The van der Waals surface area contributed by atoms with Crippen molar-refractivity contribution >= 4 is 11.0 Å². The molecule has 3 nitrogen and oxygen atoms in total. The van der Waals surface area contributed by atoms with E-state index in [1.807, 2.05) is 30.3 Å². The number of hydrogen-bond acceptors (Lipinski definition) is 1. The van der Waals surface area contributed by atoms with E-state index in [1.165, 1.54) is 5.52 Å². The minimum atomic E-state index is 0.906. The van der Waals surface area contributed by atoms with E-state index >= 15 is 0 Å². The zero-order valence-electron chi connectivity index (χ0n) is 9.42. The topological polar surface area (TPSA) is 18.0 Å². The van der Waals surface area contributed by atoms with Gasteiger partial charge in [-0.1, -0.05) is 18.2 Å². The number of ether oxygens (including phenoxy) is 1. The lowest BCUT2D eigenvalue weighted by molar-refractivity contribution is -0.645. The minimum Gasteiger partial charge on any atom is -0.448 e. The Morgan fingerprint density at radius 3 is 2.76 bits per heavy atom. The van der Waals surface area contributed by atoms with Gasteiger partial charge in [0.2, 0.25) is 11.8 Å². The van der Waals surface area contributed by atoms with E-state index in [4.69, 9.17) is 4.74 Å². The van der Waals surface area contributed by atoms with Crippen LogP contribution in [0.4, 0.5) is 0 Å². The van der Waals surface area contributed by atoms with E-state index in [0.29, 0.717) is 0 Å². The van der Waals surface area contributed by atoms with E-state index in [0.717, 1.165) is 22.7 Å². The summed E-state index contributed by atoms with van der Waals surface area (Å²) in [4.78, 5) is 0. The van der Waals surface area contributed by atoms with Crippen molar-refractivity contribution in [1.82, 2.24) is 4.57 Å². The maximum absolute atomic E-state index is 5.93. The number of rotatable bonds is 0. The van der Waals surface area contributed by atoms with Crippen molar-refractivity contribution in [3.05, 3.63) is 48.8 Å². The van der Waals surface area contributed by atoms with E-state index in [2.05, 4.69) is 34.6 Å². The van der Waals surface area contributed by atoms with Crippen LogP contribution in [0.3, 0.4) is 0 Å². The zero-order valence-corrected chi connectivity index (χ0v) is 9.42. The first kappa shape index (κ1) is 8.82. The zero-order chi connectivity index (χ0) is 11.4. The molecule has 17 heavy (non-hydrogen) atoms. The first-order chi connectivity index (χ1) is 8.34. The molecule has 0 N–H and O–H groups in total. The molecule has 0 radical (unpaired) electrons. The van der Waals surface area contributed by atoms with Crippen molar-refractivity contribution in [1.29, 1.82) is 0 Å². The van der Waals surface area contributed by atoms with Gasteiger partial charge in [0, 0.05) is 0 Å². The molecule has 0 amide bonds. The fourth-order valence-electron chi connectivity index (χ4n) is 2.46. The number of aryl methyl sites for hydroxylation is 1. The average Bonchev–Trinajstić information content (AvgIpc) is 2.70. The molecule has 0 bridgehead atoms. The number of benzene rings is 2. The van der Waals surface area contributed by atoms with Gasteiger partial charge in [0.1, 0.15) is 0 Å². The van der Waals surface area contributed by atoms with Gasteiger partial charge in [-0.15, -0.1) is 0 Å². The van der Waals surface area contributed by atoms with Crippen LogP contribution in [-0.4, -0.2) is 4.57 Å². The van der Waals surface area contributed by atoms with Gasteiger partial charge in [0.05, 0.1) is 7.05 Å². The summed E-state index contributed by atoms with van der Waals surface area (Å²) in [5.41, 5.74) is 3.41. The van der Waals surface area contributed by atoms with Crippen molar-refractivity contribution in [3.8, 4) is 17.2 Å². The van der Waals surface area contributed by atoms with E-state index in [-0.39, 0.29) is 0 Å². The standard InChI is InChI=1S/C14H11N2O/c1-15-9-16-10-5-2-3-7-12(10)17-13-8-4-6-11(15)14(13)16/h2-9H,1H3/q+1. The first-order valence-corrected chi connectivity index (χ1v) is 5.61. The summed E-state index contributed by atoms with van der Waals surface area (Å²) in [6.45, 7) is 0. The van der Waals surface area contributed by atoms with Crippen LogP contribution in [0.2, 0.25) is 0 Å². The maximum atomic E-state index is 5.93. The highest BCUT2D eigenvalue weighted by atomic mass is 16.5. The Hall–Kier alpha value is -2.29. The van der Waals surface area contributed by atoms with E-state index in [1.54, 1.807) is 0 Å². The second-order valence-corrected chi connectivity index (χ2v) is 4.29. The molecule has 1 aromatic heterocycles. The van der Waals surface area contributed by atoms with Gasteiger partial charge in [-0.05, 0) is 24.3 Å². The minimum absolute atomic E-state index is 0.906. The van der Waals surface area contributed by atoms with Crippen molar-refractivity contribution < 1.29 is 9.30 Å². The second kappa shape index (κ2) is 2.88. The van der Waals surface area contributed by atoms with Crippen LogP contribution in [0.15, 0.2) is 48.8 Å². The molecule has 2 heterocycles. The van der Waals surface area contributed by atoms with Gasteiger partial charge in [-0.2, -0.15) is 4.57 Å². The summed E-state index contributed by atoms with van der Waals surface area (Å²) in [6, 6.07) is 14.2. The predicted octanol–water partition coefficient (Wildman–Crippen LogP) is 2.56. The molecule has 0 spiro atoms. The molecule has 0 atom stereocenters. The molecule has 3 aromatic rings. The van der Waals surface area contributed by atoms with E-state index < -0.39 is 0 Å². The molecule has 1 aliphatic rings. The van der Waals surface area contributed by atoms with Crippen LogP contribution in [0.25, 0.3) is 16.7 Å².